The molecule has 0 aliphatic heterocycles. The van der Waals surface area contributed by atoms with E-state index in [0.29, 0.717) is 24.5 Å². The minimum absolute atomic E-state index is 0. The zero-order valence-corrected chi connectivity index (χ0v) is 11.5. The molecule has 0 saturated carbocycles. The number of aromatic nitrogens is 1. The van der Waals surface area contributed by atoms with E-state index in [1.165, 1.54) is 18.5 Å². The molecule has 0 spiro atoms. The number of nitrogens with two attached hydrogens (primary N) is 1. The average Bonchev–Trinajstić information content (AvgIpc) is 2.24. The topological polar surface area (TPSA) is 85.1 Å². The van der Waals surface area contributed by atoms with Crippen molar-refractivity contribution in [1.29, 1.82) is 0 Å². The van der Waals surface area contributed by atoms with E-state index in [9.17, 15) is 8.42 Å². The van der Waals surface area contributed by atoms with Gasteiger partial charge in [0.1, 0.15) is 4.90 Å². The van der Waals surface area contributed by atoms with Crippen LogP contribution in [0.25, 0.3) is 0 Å². The van der Waals surface area contributed by atoms with Gasteiger partial charge in [-0.2, -0.15) is 0 Å². The Labute approximate surface area is 112 Å². The van der Waals surface area contributed by atoms with Crippen molar-refractivity contribution in [2.75, 3.05) is 13.1 Å². The van der Waals surface area contributed by atoms with E-state index in [2.05, 4.69) is 9.71 Å². The third kappa shape index (κ3) is 5.65. The molecular weight excluding hydrogens is 285 g/mol. The maximum atomic E-state index is 11.7. The van der Waals surface area contributed by atoms with Gasteiger partial charge in [0.2, 0.25) is 10.0 Å². The lowest BCUT2D eigenvalue weighted by Gasteiger charge is -2.05. The molecule has 98 valence electrons. The largest absolute Gasteiger partial charge is 0.330 e. The van der Waals surface area contributed by atoms with Crippen LogP contribution in [0.2, 0.25) is 5.02 Å². The number of nitrogens with zero attached hydrogens (tertiary/aromatic N) is 1. The zero-order valence-electron chi connectivity index (χ0n) is 9.10. The van der Waals surface area contributed by atoms with Crippen molar-refractivity contribution in [1.82, 2.24) is 9.71 Å². The van der Waals surface area contributed by atoms with Crippen molar-refractivity contribution in [2.45, 2.75) is 17.7 Å². The van der Waals surface area contributed by atoms with Gasteiger partial charge in [0, 0.05) is 18.9 Å². The highest BCUT2D eigenvalue weighted by Gasteiger charge is 2.13. The summed E-state index contributed by atoms with van der Waals surface area (Å²) in [6, 6.07) is 1.36. The fraction of sp³-hybridized carbons (Fsp3) is 0.444. The molecule has 1 heterocycles. The van der Waals surface area contributed by atoms with Gasteiger partial charge < -0.3 is 5.73 Å². The molecule has 0 aliphatic rings. The van der Waals surface area contributed by atoms with E-state index < -0.39 is 10.0 Å². The van der Waals surface area contributed by atoms with Crippen LogP contribution in [-0.2, 0) is 10.0 Å². The van der Waals surface area contributed by atoms with Gasteiger partial charge in [0.05, 0.1) is 5.02 Å². The first-order valence-corrected chi connectivity index (χ1v) is 6.72. The number of halogens is 2. The standard InChI is InChI=1S/C9H14ClN3O2S.ClH/c10-8-5-9(7-12-6-8)16(14,15)13-4-2-1-3-11;/h5-7,13H,1-4,11H2;1H. The highest BCUT2D eigenvalue weighted by Crippen LogP contribution is 2.13. The van der Waals surface area contributed by atoms with Crippen LogP contribution in [0.3, 0.4) is 0 Å². The molecule has 0 atom stereocenters. The van der Waals surface area contributed by atoms with Gasteiger partial charge >= 0.3 is 0 Å². The van der Waals surface area contributed by atoms with Crippen LogP contribution < -0.4 is 10.5 Å². The van der Waals surface area contributed by atoms with E-state index in [4.69, 9.17) is 17.3 Å². The molecular formula is C9H15Cl2N3O2S. The van der Waals surface area contributed by atoms with Crippen LogP contribution in [0.5, 0.6) is 0 Å². The van der Waals surface area contributed by atoms with Crippen molar-refractivity contribution in [3.05, 3.63) is 23.5 Å². The highest BCUT2D eigenvalue weighted by molar-refractivity contribution is 7.89. The summed E-state index contributed by atoms with van der Waals surface area (Å²) in [6.07, 6.45) is 4.15. The Morgan fingerprint density at radius 3 is 2.65 bits per heavy atom. The molecule has 0 bridgehead atoms. The first kappa shape index (κ1) is 16.6. The number of nitrogens with one attached hydrogen (secondary N) is 1. The van der Waals surface area contributed by atoms with Crippen molar-refractivity contribution in [3.8, 4) is 0 Å². The Balaban J connectivity index is 0.00000256. The second kappa shape index (κ2) is 7.84. The van der Waals surface area contributed by atoms with Gasteiger partial charge in [0.15, 0.2) is 0 Å². The summed E-state index contributed by atoms with van der Waals surface area (Å²) in [5.74, 6) is 0. The predicted octanol–water partition coefficient (Wildman–Crippen LogP) is 1.17. The lowest BCUT2D eigenvalue weighted by atomic mass is 10.3. The third-order valence-electron chi connectivity index (χ3n) is 1.91. The average molecular weight is 300 g/mol. The lowest BCUT2D eigenvalue weighted by molar-refractivity contribution is 0.576. The van der Waals surface area contributed by atoms with E-state index in [1.807, 2.05) is 0 Å². The molecule has 1 rings (SSSR count). The molecule has 0 fully saturated rings. The SMILES string of the molecule is Cl.NCCCCNS(=O)(=O)c1cncc(Cl)c1. The highest BCUT2D eigenvalue weighted by atomic mass is 35.5. The van der Waals surface area contributed by atoms with Crippen LogP contribution in [0, 0.1) is 0 Å². The second-order valence-corrected chi connectivity index (χ2v) is 5.44. The van der Waals surface area contributed by atoms with Crippen molar-refractivity contribution in [3.63, 3.8) is 0 Å². The molecule has 0 aromatic carbocycles. The summed E-state index contributed by atoms with van der Waals surface area (Å²) in [5.41, 5.74) is 5.30. The van der Waals surface area contributed by atoms with Crippen molar-refractivity contribution < 1.29 is 8.42 Å². The van der Waals surface area contributed by atoms with Gasteiger partial charge in [-0.1, -0.05) is 11.6 Å². The van der Waals surface area contributed by atoms with Gasteiger partial charge in [-0.25, -0.2) is 13.1 Å². The van der Waals surface area contributed by atoms with Crippen molar-refractivity contribution in [2.24, 2.45) is 5.73 Å². The molecule has 1 aromatic rings. The Kier molecular flexibility index (Phi) is 7.65. The van der Waals surface area contributed by atoms with E-state index >= 15 is 0 Å². The summed E-state index contributed by atoms with van der Waals surface area (Å²) in [7, 11) is -3.50. The Morgan fingerprint density at radius 1 is 1.35 bits per heavy atom. The minimum atomic E-state index is -3.50. The summed E-state index contributed by atoms with van der Waals surface area (Å²) in [5, 5.41) is 0.296. The van der Waals surface area contributed by atoms with Gasteiger partial charge in [0.25, 0.3) is 0 Å². The number of hydrogen-bond donors (Lipinski definition) is 2. The lowest BCUT2D eigenvalue weighted by Crippen LogP contribution is -2.25. The monoisotopic (exact) mass is 299 g/mol. The number of unbranched alkanes of at least 4 members (excludes halogenated alkanes) is 1. The second-order valence-electron chi connectivity index (χ2n) is 3.23. The summed E-state index contributed by atoms with van der Waals surface area (Å²) in [4.78, 5) is 3.80. The van der Waals surface area contributed by atoms with E-state index in [0.717, 1.165) is 6.42 Å². The van der Waals surface area contributed by atoms with Gasteiger partial charge in [-0.3, -0.25) is 4.98 Å². The molecule has 0 unspecified atom stereocenters. The molecule has 0 saturated heterocycles. The van der Waals surface area contributed by atoms with Crippen LogP contribution in [-0.4, -0.2) is 26.5 Å². The number of hydrogen-bond acceptors (Lipinski definition) is 4. The van der Waals surface area contributed by atoms with Crippen molar-refractivity contribution >= 4 is 34.0 Å². The van der Waals surface area contributed by atoms with Crippen LogP contribution in [0.1, 0.15) is 12.8 Å². The Hall–Kier alpha value is -0.400. The minimum Gasteiger partial charge on any atom is -0.330 e. The maximum absolute atomic E-state index is 11.7. The fourth-order valence-electron chi connectivity index (χ4n) is 1.10. The first-order chi connectivity index (χ1) is 7.56. The Morgan fingerprint density at radius 2 is 2.06 bits per heavy atom. The summed E-state index contributed by atoms with van der Waals surface area (Å²) >= 11 is 5.66. The van der Waals surface area contributed by atoms with Crippen LogP contribution >= 0.6 is 24.0 Å². The molecule has 1 aromatic heterocycles. The molecule has 5 nitrogen and oxygen atoms in total. The molecule has 17 heavy (non-hydrogen) atoms. The maximum Gasteiger partial charge on any atom is 0.242 e. The first-order valence-electron chi connectivity index (χ1n) is 4.86. The summed E-state index contributed by atoms with van der Waals surface area (Å²) in [6.45, 7) is 0.923. The van der Waals surface area contributed by atoms with Crippen LogP contribution in [0.4, 0.5) is 0 Å². The Bertz CT molecular complexity index is 440. The normalized spacial score (nSPS) is 10.9. The molecule has 8 heteroatoms. The van der Waals surface area contributed by atoms with Crippen LogP contribution in [0.15, 0.2) is 23.4 Å². The zero-order chi connectivity index (χ0) is 12.0. The molecule has 0 amide bonds. The van der Waals surface area contributed by atoms with Gasteiger partial charge in [-0.15, -0.1) is 12.4 Å². The van der Waals surface area contributed by atoms with Gasteiger partial charge in [-0.05, 0) is 25.5 Å². The molecule has 0 radical (unpaired) electrons. The third-order valence-corrected chi connectivity index (χ3v) is 3.55. The molecule has 0 aliphatic carbocycles. The smallest absolute Gasteiger partial charge is 0.242 e. The van der Waals surface area contributed by atoms with E-state index in [-0.39, 0.29) is 17.3 Å². The fourth-order valence-corrected chi connectivity index (χ4v) is 2.40. The molecule has 3 N–H and O–H groups in total. The quantitative estimate of drug-likeness (QED) is 0.772. The number of pyridine rings is 1. The summed E-state index contributed by atoms with van der Waals surface area (Å²) < 4.78 is 25.9. The number of rotatable bonds is 6. The van der Waals surface area contributed by atoms with E-state index in [1.54, 1.807) is 0 Å². The number of sulfonamides is 1. The predicted molar refractivity (Wildman–Crippen MR) is 70.0 cm³/mol.